The summed E-state index contributed by atoms with van der Waals surface area (Å²) in [5.41, 5.74) is 0.977. The lowest BCUT2D eigenvalue weighted by molar-refractivity contribution is -0.131. The van der Waals surface area contributed by atoms with Crippen LogP contribution in [-0.4, -0.2) is 58.6 Å². The van der Waals surface area contributed by atoms with Gasteiger partial charge in [-0.25, -0.2) is 4.79 Å². The predicted octanol–water partition coefficient (Wildman–Crippen LogP) is 2.93. The molecular formula is C21H31N3O3. The number of benzene rings is 1. The van der Waals surface area contributed by atoms with Gasteiger partial charge in [-0.15, -0.1) is 0 Å². The van der Waals surface area contributed by atoms with E-state index in [0.29, 0.717) is 44.3 Å². The largest absolute Gasteiger partial charge is 0.508 e. The highest BCUT2D eigenvalue weighted by atomic mass is 16.3. The van der Waals surface area contributed by atoms with Crippen LogP contribution in [0.15, 0.2) is 24.3 Å². The normalized spacial score (nSPS) is 21.6. The zero-order valence-corrected chi connectivity index (χ0v) is 16.6. The quantitative estimate of drug-likeness (QED) is 0.856. The van der Waals surface area contributed by atoms with Crippen LogP contribution in [0.2, 0.25) is 0 Å². The SMILES string of the molecule is CC(C)(C)N1C[C@@H](CNC(=O)N2CCC(c3cccc(O)c3)CC2)CC1=O. The molecule has 1 atom stereocenters. The smallest absolute Gasteiger partial charge is 0.317 e. The van der Waals surface area contributed by atoms with Gasteiger partial charge in [-0.1, -0.05) is 12.1 Å². The second-order valence-electron chi connectivity index (χ2n) is 8.79. The van der Waals surface area contributed by atoms with Gasteiger partial charge in [0.15, 0.2) is 0 Å². The van der Waals surface area contributed by atoms with Gasteiger partial charge in [-0.3, -0.25) is 4.79 Å². The van der Waals surface area contributed by atoms with Gasteiger partial charge < -0.3 is 20.2 Å². The highest BCUT2D eigenvalue weighted by molar-refractivity contribution is 5.80. The molecule has 148 valence electrons. The molecule has 1 aromatic carbocycles. The number of carbonyl (C=O) groups is 2. The molecule has 2 aliphatic rings. The summed E-state index contributed by atoms with van der Waals surface area (Å²) in [5, 5.41) is 12.7. The molecule has 2 saturated heterocycles. The molecule has 2 N–H and O–H groups in total. The number of phenolic OH excluding ortho intramolecular Hbond substituents is 1. The highest BCUT2D eigenvalue weighted by Crippen LogP contribution is 2.30. The van der Waals surface area contributed by atoms with Crippen LogP contribution in [0, 0.1) is 5.92 Å². The van der Waals surface area contributed by atoms with Crippen molar-refractivity contribution in [3.8, 4) is 5.75 Å². The van der Waals surface area contributed by atoms with Crippen LogP contribution in [0.5, 0.6) is 5.75 Å². The number of hydrogen-bond donors (Lipinski definition) is 2. The first-order valence-corrected chi connectivity index (χ1v) is 9.86. The average molecular weight is 373 g/mol. The van der Waals surface area contributed by atoms with Gasteiger partial charge in [0.05, 0.1) is 0 Å². The van der Waals surface area contributed by atoms with Crippen molar-refractivity contribution in [1.29, 1.82) is 0 Å². The van der Waals surface area contributed by atoms with E-state index in [1.807, 2.05) is 48.8 Å². The van der Waals surface area contributed by atoms with Gasteiger partial charge in [0.25, 0.3) is 0 Å². The molecule has 0 saturated carbocycles. The van der Waals surface area contributed by atoms with Gasteiger partial charge >= 0.3 is 6.03 Å². The molecule has 3 amide bonds. The molecule has 0 spiro atoms. The first-order chi connectivity index (χ1) is 12.7. The Bertz CT molecular complexity index is 690. The Morgan fingerprint density at radius 2 is 1.96 bits per heavy atom. The van der Waals surface area contributed by atoms with E-state index in [0.717, 1.165) is 18.4 Å². The summed E-state index contributed by atoms with van der Waals surface area (Å²) in [6.45, 7) is 8.81. The number of hydrogen-bond acceptors (Lipinski definition) is 3. The van der Waals surface area contributed by atoms with Gasteiger partial charge in [0.2, 0.25) is 5.91 Å². The van der Waals surface area contributed by atoms with Crippen molar-refractivity contribution in [3.63, 3.8) is 0 Å². The molecule has 0 unspecified atom stereocenters. The van der Waals surface area contributed by atoms with Crippen molar-refractivity contribution in [2.75, 3.05) is 26.2 Å². The van der Waals surface area contributed by atoms with Crippen LogP contribution in [0.4, 0.5) is 4.79 Å². The van der Waals surface area contributed by atoms with Crippen molar-refractivity contribution in [2.45, 2.75) is 51.5 Å². The Labute approximate surface area is 161 Å². The van der Waals surface area contributed by atoms with Crippen LogP contribution in [-0.2, 0) is 4.79 Å². The van der Waals surface area contributed by atoms with E-state index in [1.165, 1.54) is 0 Å². The van der Waals surface area contributed by atoms with E-state index in [1.54, 1.807) is 6.07 Å². The molecule has 0 radical (unpaired) electrons. The van der Waals surface area contributed by atoms with Crippen molar-refractivity contribution in [3.05, 3.63) is 29.8 Å². The van der Waals surface area contributed by atoms with Crippen LogP contribution in [0.1, 0.15) is 51.5 Å². The summed E-state index contributed by atoms with van der Waals surface area (Å²) in [5.74, 6) is 1.04. The fourth-order valence-corrected chi connectivity index (χ4v) is 4.10. The molecule has 27 heavy (non-hydrogen) atoms. The number of phenols is 1. The standard InChI is InChI=1S/C21H31N3O3/c1-21(2,3)24-14-15(11-19(24)26)13-22-20(27)23-9-7-16(8-10-23)17-5-4-6-18(25)12-17/h4-6,12,15-16,25H,7-11,13-14H2,1-3H3,(H,22,27)/t15-/m1/s1. The topological polar surface area (TPSA) is 72.9 Å². The minimum atomic E-state index is -0.163. The van der Waals surface area contributed by atoms with Crippen molar-refractivity contribution >= 4 is 11.9 Å². The molecule has 0 aliphatic carbocycles. The van der Waals surface area contributed by atoms with Crippen molar-refractivity contribution < 1.29 is 14.7 Å². The second kappa shape index (κ2) is 7.79. The summed E-state index contributed by atoms with van der Waals surface area (Å²) in [4.78, 5) is 28.4. The van der Waals surface area contributed by atoms with E-state index >= 15 is 0 Å². The van der Waals surface area contributed by atoms with Gasteiger partial charge in [0, 0.05) is 44.1 Å². The van der Waals surface area contributed by atoms with E-state index in [9.17, 15) is 14.7 Å². The number of carbonyl (C=O) groups excluding carboxylic acids is 2. The zero-order valence-electron chi connectivity index (χ0n) is 16.6. The molecule has 2 fully saturated rings. The van der Waals surface area contributed by atoms with Crippen LogP contribution < -0.4 is 5.32 Å². The van der Waals surface area contributed by atoms with Gasteiger partial charge in [-0.05, 0) is 57.2 Å². The molecule has 6 nitrogen and oxygen atoms in total. The third-order valence-electron chi connectivity index (χ3n) is 5.68. The third kappa shape index (κ3) is 4.73. The van der Waals surface area contributed by atoms with Crippen molar-refractivity contribution in [2.24, 2.45) is 5.92 Å². The number of nitrogens with zero attached hydrogens (tertiary/aromatic N) is 2. The van der Waals surface area contributed by atoms with Crippen molar-refractivity contribution in [1.82, 2.24) is 15.1 Å². The summed E-state index contributed by atoms with van der Waals surface area (Å²) in [7, 11) is 0. The Hall–Kier alpha value is -2.24. The van der Waals surface area contributed by atoms with E-state index in [2.05, 4.69) is 5.32 Å². The maximum Gasteiger partial charge on any atom is 0.317 e. The summed E-state index contributed by atoms with van der Waals surface area (Å²) in [6, 6.07) is 7.37. The number of rotatable bonds is 3. The number of aromatic hydroxyl groups is 1. The van der Waals surface area contributed by atoms with Gasteiger partial charge in [-0.2, -0.15) is 0 Å². The number of urea groups is 1. The average Bonchev–Trinajstić information content (AvgIpc) is 3.01. The van der Waals surface area contributed by atoms with E-state index in [4.69, 9.17) is 0 Å². The molecule has 1 aromatic rings. The molecule has 6 heteroatoms. The zero-order chi connectivity index (χ0) is 19.6. The maximum atomic E-state index is 12.5. The monoisotopic (exact) mass is 373 g/mol. The van der Waals surface area contributed by atoms with E-state index in [-0.39, 0.29) is 23.4 Å². The highest BCUT2D eigenvalue weighted by Gasteiger charge is 2.36. The van der Waals surface area contributed by atoms with Gasteiger partial charge in [0.1, 0.15) is 5.75 Å². The number of amides is 3. The summed E-state index contributed by atoms with van der Waals surface area (Å²) in [6.07, 6.45) is 2.31. The molecular weight excluding hydrogens is 342 g/mol. The van der Waals surface area contributed by atoms with E-state index < -0.39 is 0 Å². The van der Waals surface area contributed by atoms with Crippen LogP contribution in [0.25, 0.3) is 0 Å². The summed E-state index contributed by atoms with van der Waals surface area (Å²) < 4.78 is 0. The first-order valence-electron chi connectivity index (χ1n) is 9.86. The number of nitrogens with one attached hydrogen (secondary N) is 1. The molecule has 3 rings (SSSR count). The Morgan fingerprint density at radius 3 is 2.56 bits per heavy atom. The minimum absolute atomic E-state index is 0.0361. The molecule has 0 aromatic heterocycles. The Kier molecular flexibility index (Phi) is 5.63. The fraction of sp³-hybridized carbons (Fsp3) is 0.619. The fourth-order valence-electron chi connectivity index (χ4n) is 4.10. The predicted molar refractivity (Wildman–Crippen MR) is 105 cm³/mol. The second-order valence-corrected chi connectivity index (χ2v) is 8.79. The number of piperidine rings is 1. The third-order valence-corrected chi connectivity index (χ3v) is 5.68. The Balaban J connectivity index is 1.44. The molecule has 0 bridgehead atoms. The maximum absolute atomic E-state index is 12.5. The van der Waals surface area contributed by atoms with Crippen LogP contribution in [0.3, 0.4) is 0 Å². The lowest BCUT2D eigenvalue weighted by Crippen LogP contribution is -2.46. The lowest BCUT2D eigenvalue weighted by atomic mass is 9.89. The Morgan fingerprint density at radius 1 is 1.26 bits per heavy atom. The number of likely N-dealkylation sites (tertiary alicyclic amines) is 2. The first kappa shape index (κ1) is 19.5. The molecule has 2 aliphatic heterocycles. The minimum Gasteiger partial charge on any atom is -0.508 e. The summed E-state index contributed by atoms with van der Waals surface area (Å²) >= 11 is 0. The lowest BCUT2D eigenvalue weighted by Gasteiger charge is -2.33. The molecule has 2 heterocycles. The van der Waals surface area contributed by atoms with Crippen LogP contribution >= 0.6 is 0 Å².